The van der Waals surface area contributed by atoms with E-state index in [2.05, 4.69) is 39.5 Å². The van der Waals surface area contributed by atoms with E-state index in [0.29, 0.717) is 13.0 Å². The minimum atomic E-state index is 0.0333. The molecule has 4 heteroatoms. The molecule has 2 heterocycles. The van der Waals surface area contributed by atoms with Crippen molar-refractivity contribution in [1.29, 1.82) is 0 Å². The van der Waals surface area contributed by atoms with Gasteiger partial charge in [-0.3, -0.25) is 14.7 Å². The fraction of sp³-hybridized carbons (Fsp3) is 0.333. The summed E-state index contributed by atoms with van der Waals surface area (Å²) in [4.78, 5) is 19.5. The summed E-state index contributed by atoms with van der Waals surface area (Å²) in [6, 6.07) is 18.4. The number of carbonyl (C=O) groups is 1. The SMILES string of the molecule is O=C(Cc1cccc2cccnc12)NCc1ccccc1CN1CCCCC1. The number of rotatable bonds is 6. The molecule has 0 bridgehead atoms. The van der Waals surface area contributed by atoms with E-state index in [0.717, 1.165) is 23.0 Å². The van der Waals surface area contributed by atoms with Gasteiger partial charge in [0, 0.05) is 24.7 Å². The lowest BCUT2D eigenvalue weighted by molar-refractivity contribution is -0.120. The molecule has 2 aromatic carbocycles. The maximum atomic E-state index is 12.6. The van der Waals surface area contributed by atoms with Crippen molar-refractivity contribution in [3.63, 3.8) is 0 Å². The zero-order chi connectivity index (χ0) is 19.2. The van der Waals surface area contributed by atoms with Crippen molar-refractivity contribution in [3.05, 3.63) is 77.5 Å². The number of benzene rings is 2. The Morgan fingerprint density at radius 2 is 1.64 bits per heavy atom. The molecule has 0 spiro atoms. The van der Waals surface area contributed by atoms with Crippen LogP contribution in [0.25, 0.3) is 10.9 Å². The number of nitrogens with zero attached hydrogens (tertiary/aromatic N) is 2. The van der Waals surface area contributed by atoms with Crippen LogP contribution in [0.15, 0.2) is 60.8 Å². The Morgan fingerprint density at radius 3 is 2.50 bits per heavy atom. The third-order valence-electron chi connectivity index (χ3n) is 5.50. The van der Waals surface area contributed by atoms with E-state index in [1.807, 2.05) is 30.3 Å². The fourth-order valence-corrected chi connectivity index (χ4v) is 3.98. The van der Waals surface area contributed by atoms with Crippen molar-refractivity contribution in [2.75, 3.05) is 13.1 Å². The Labute approximate surface area is 166 Å². The number of fused-ring (bicyclic) bond motifs is 1. The smallest absolute Gasteiger partial charge is 0.224 e. The average molecular weight is 374 g/mol. The van der Waals surface area contributed by atoms with Crippen LogP contribution in [-0.2, 0) is 24.3 Å². The van der Waals surface area contributed by atoms with Crippen LogP contribution >= 0.6 is 0 Å². The number of hydrogen-bond acceptors (Lipinski definition) is 3. The molecule has 1 aromatic heterocycles. The third kappa shape index (κ3) is 4.57. The quantitative estimate of drug-likeness (QED) is 0.708. The molecule has 0 atom stereocenters. The van der Waals surface area contributed by atoms with Crippen LogP contribution in [0.3, 0.4) is 0 Å². The van der Waals surface area contributed by atoms with Crippen molar-refractivity contribution in [2.45, 2.75) is 38.8 Å². The maximum Gasteiger partial charge on any atom is 0.224 e. The summed E-state index contributed by atoms with van der Waals surface area (Å²) in [6.07, 6.45) is 6.05. The van der Waals surface area contributed by atoms with Gasteiger partial charge in [0.25, 0.3) is 0 Å². The predicted molar refractivity (Wildman–Crippen MR) is 113 cm³/mol. The normalized spacial score (nSPS) is 14.9. The van der Waals surface area contributed by atoms with E-state index in [1.54, 1.807) is 6.20 Å². The zero-order valence-corrected chi connectivity index (χ0v) is 16.2. The summed E-state index contributed by atoms with van der Waals surface area (Å²) in [5.74, 6) is 0.0333. The molecule has 1 aliphatic heterocycles. The number of likely N-dealkylation sites (tertiary alicyclic amines) is 1. The highest BCUT2D eigenvalue weighted by molar-refractivity contribution is 5.87. The van der Waals surface area contributed by atoms with Crippen LogP contribution in [-0.4, -0.2) is 28.9 Å². The van der Waals surface area contributed by atoms with E-state index >= 15 is 0 Å². The molecule has 4 rings (SSSR count). The Balaban J connectivity index is 1.39. The second-order valence-electron chi connectivity index (χ2n) is 7.55. The second kappa shape index (κ2) is 8.98. The van der Waals surface area contributed by atoms with Crippen LogP contribution in [0, 0.1) is 0 Å². The number of aromatic nitrogens is 1. The molecule has 1 amide bonds. The molecule has 1 N–H and O–H groups in total. The number of pyridine rings is 1. The Hall–Kier alpha value is -2.72. The number of amides is 1. The van der Waals surface area contributed by atoms with Crippen molar-refractivity contribution in [2.24, 2.45) is 0 Å². The first-order valence-electron chi connectivity index (χ1n) is 10.2. The Bertz CT molecular complexity index is 942. The summed E-state index contributed by atoms with van der Waals surface area (Å²) < 4.78 is 0. The molecule has 0 radical (unpaired) electrons. The van der Waals surface area contributed by atoms with E-state index in [1.165, 1.54) is 43.5 Å². The molecule has 1 saturated heterocycles. The van der Waals surface area contributed by atoms with Crippen LogP contribution in [0.5, 0.6) is 0 Å². The van der Waals surface area contributed by atoms with Crippen LogP contribution in [0.2, 0.25) is 0 Å². The van der Waals surface area contributed by atoms with Gasteiger partial charge in [-0.25, -0.2) is 0 Å². The van der Waals surface area contributed by atoms with Crippen molar-refractivity contribution in [1.82, 2.24) is 15.2 Å². The van der Waals surface area contributed by atoms with Gasteiger partial charge in [0.15, 0.2) is 0 Å². The molecular formula is C24H27N3O. The number of carbonyl (C=O) groups excluding carboxylic acids is 1. The highest BCUT2D eigenvalue weighted by atomic mass is 16.1. The van der Waals surface area contributed by atoms with E-state index in [-0.39, 0.29) is 5.91 Å². The maximum absolute atomic E-state index is 12.6. The largest absolute Gasteiger partial charge is 0.352 e. The van der Waals surface area contributed by atoms with Crippen molar-refractivity contribution >= 4 is 16.8 Å². The highest BCUT2D eigenvalue weighted by Gasteiger charge is 2.13. The van der Waals surface area contributed by atoms with Crippen molar-refractivity contribution < 1.29 is 4.79 Å². The number of piperidine rings is 1. The van der Waals surface area contributed by atoms with Gasteiger partial charge >= 0.3 is 0 Å². The zero-order valence-electron chi connectivity index (χ0n) is 16.2. The number of para-hydroxylation sites is 1. The van der Waals surface area contributed by atoms with Gasteiger partial charge in [0.05, 0.1) is 11.9 Å². The minimum Gasteiger partial charge on any atom is -0.352 e. The molecule has 144 valence electrons. The van der Waals surface area contributed by atoms with Gasteiger partial charge < -0.3 is 5.32 Å². The van der Waals surface area contributed by atoms with E-state index in [9.17, 15) is 4.79 Å². The van der Waals surface area contributed by atoms with Gasteiger partial charge in [-0.1, -0.05) is 55.0 Å². The highest BCUT2D eigenvalue weighted by Crippen LogP contribution is 2.18. The van der Waals surface area contributed by atoms with Crippen LogP contribution in [0.1, 0.15) is 36.0 Å². The Morgan fingerprint density at radius 1 is 0.893 bits per heavy atom. The molecule has 1 aliphatic rings. The molecule has 1 fully saturated rings. The fourth-order valence-electron chi connectivity index (χ4n) is 3.98. The molecular weight excluding hydrogens is 346 g/mol. The number of nitrogens with one attached hydrogen (secondary N) is 1. The first kappa shape index (κ1) is 18.6. The number of hydrogen-bond donors (Lipinski definition) is 1. The lowest BCUT2D eigenvalue weighted by Gasteiger charge is -2.27. The minimum absolute atomic E-state index is 0.0333. The van der Waals surface area contributed by atoms with E-state index < -0.39 is 0 Å². The molecule has 4 nitrogen and oxygen atoms in total. The molecule has 0 unspecified atom stereocenters. The first-order valence-corrected chi connectivity index (χ1v) is 10.2. The van der Waals surface area contributed by atoms with Gasteiger partial charge in [-0.05, 0) is 48.7 Å². The average Bonchev–Trinajstić information content (AvgIpc) is 2.74. The van der Waals surface area contributed by atoms with Gasteiger partial charge in [-0.15, -0.1) is 0 Å². The van der Waals surface area contributed by atoms with E-state index in [4.69, 9.17) is 0 Å². The van der Waals surface area contributed by atoms with Crippen molar-refractivity contribution in [3.8, 4) is 0 Å². The second-order valence-corrected chi connectivity index (χ2v) is 7.55. The summed E-state index contributed by atoms with van der Waals surface area (Å²) in [5, 5.41) is 4.17. The lowest BCUT2D eigenvalue weighted by Crippen LogP contribution is -2.30. The summed E-state index contributed by atoms with van der Waals surface area (Å²) >= 11 is 0. The molecule has 28 heavy (non-hydrogen) atoms. The molecule has 0 saturated carbocycles. The summed E-state index contributed by atoms with van der Waals surface area (Å²) in [7, 11) is 0. The first-order chi connectivity index (χ1) is 13.8. The third-order valence-corrected chi connectivity index (χ3v) is 5.50. The predicted octanol–water partition coefficient (Wildman–Crippen LogP) is 4.08. The molecule has 3 aromatic rings. The summed E-state index contributed by atoms with van der Waals surface area (Å²) in [6.45, 7) is 3.89. The monoisotopic (exact) mass is 373 g/mol. The van der Waals surface area contributed by atoms with Crippen LogP contribution in [0.4, 0.5) is 0 Å². The van der Waals surface area contributed by atoms with Crippen LogP contribution < -0.4 is 5.32 Å². The van der Waals surface area contributed by atoms with Gasteiger partial charge in [0.1, 0.15) is 0 Å². The van der Waals surface area contributed by atoms with Gasteiger partial charge in [0.2, 0.25) is 5.91 Å². The molecule has 0 aliphatic carbocycles. The van der Waals surface area contributed by atoms with Gasteiger partial charge in [-0.2, -0.15) is 0 Å². The standard InChI is InChI=1S/C24H27N3O/c28-23(16-20-11-6-10-19-12-7-13-25-24(19)20)26-17-21-8-2-3-9-22(21)18-27-14-4-1-5-15-27/h2-3,6-13H,1,4-5,14-18H2,(H,26,28). The topological polar surface area (TPSA) is 45.2 Å². The summed E-state index contributed by atoms with van der Waals surface area (Å²) in [5.41, 5.74) is 4.40. The Kier molecular flexibility index (Phi) is 5.98. The lowest BCUT2D eigenvalue weighted by atomic mass is 10.0.